The van der Waals surface area contributed by atoms with Crippen molar-refractivity contribution in [1.82, 2.24) is 4.31 Å². The molecule has 1 aliphatic rings. The van der Waals surface area contributed by atoms with Gasteiger partial charge in [0, 0.05) is 23.6 Å². The summed E-state index contributed by atoms with van der Waals surface area (Å²) in [5.74, 6) is 0.440. The number of nitrogens with one attached hydrogen (secondary N) is 1. The number of rotatable bonds is 7. The molecule has 0 radical (unpaired) electrons. The van der Waals surface area contributed by atoms with Gasteiger partial charge in [0.15, 0.2) is 6.61 Å². The lowest BCUT2D eigenvalue weighted by Crippen LogP contribution is -2.35. The number of anilines is 1. The Morgan fingerprint density at radius 1 is 1.29 bits per heavy atom. The molecule has 8 heteroatoms. The monoisotopic (exact) mass is 418 g/mol. The van der Waals surface area contributed by atoms with Crippen molar-refractivity contribution < 1.29 is 17.9 Å². The Morgan fingerprint density at radius 3 is 2.54 bits per heavy atom. The van der Waals surface area contributed by atoms with Crippen molar-refractivity contribution in [2.45, 2.75) is 38.5 Å². The molecule has 0 spiro atoms. The average Bonchev–Trinajstić information content (AvgIpc) is 2.54. The zero-order valence-corrected chi connectivity index (χ0v) is 16.5. The van der Waals surface area contributed by atoms with E-state index in [-0.39, 0.29) is 17.4 Å². The Hall–Kier alpha value is -1.12. The van der Waals surface area contributed by atoms with Crippen molar-refractivity contribution >= 4 is 37.5 Å². The highest BCUT2D eigenvalue weighted by atomic mass is 79.9. The fourth-order valence-electron chi connectivity index (χ4n) is 2.65. The van der Waals surface area contributed by atoms with Crippen LogP contribution in [-0.2, 0) is 14.8 Å². The summed E-state index contributed by atoms with van der Waals surface area (Å²) in [6, 6.07) is 3.05. The van der Waals surface area contributed by atoms with Gasteiger partial charge in [-0.3, -0.25) is 4.79 Å². The molecule has 0 saturated heterocycles. The van der Waals surface area contributed by atoms with E-state index in [1.165, 1.54) is 10.4 Å². The van der Waals surface area contributed by atoms with Crippen LogP contribution in [0.1, 0.15) is 33.6 Å². The summed E-state index contributed by atoms with van der Waals surface area (Å²) in [7, 11) is -3.65. The van der Waals surface area contributed by atoms with Gasteiger partial charge in [0.05, 0.1) is 5.69 Å². The zero-order valence-electron chi connectivity index (χ0n) is 14.1. The highest BCUT2D eigenvalue weighted by Crippen LogP contribution is 2.37. The molecule has 0 saturated carbocycles. The molecule has 0 atom stereocenters. The summed E-state index contributed by atoms with van der Waals surface area (Å²) in [5, 5.41) is 2.67. The van der Waals surface area contributed by atoms with Crippen LogP contribution >= 0.6 is 15.9 Å². The summed E-state index contributed by atoms with van der Waals surface area (Å²) in [6.45, 7) is 6.76. The van der Waals surface area contributed by atoms with Gasteiger partial charge in [0.25, 0.3) is 5.91 Å². The van der Waals surface area contributed by atoms with Crippen LogP contribution in [0.5, 0.6) is 5.75 Å². The molecule has 0 aliphatic carbocycles. The molecule has 6 nitrogen and oxygen atoms in total. The van der Waals surface area contributed by atoms with Crippen LogP contribution < -0.4 is 10.1 Å². The smallest absolute Gasteiger partial charge is 0.262 e. The van der Waals surface area contributed by atoms with E-state index in [0.29, 0.717) is 34.9 Å². The Balaban J connectivity index is 2.39. The normalized spacial score (nSPS) is 14.5. The van der Waals surface area contributed by atoms with Gasteiger partial charge in [0.2, 0.25) is 10.0 Å². The molecule has 1 heterocycles. The van der Waals surface area contributed by atoms with Crippen LogP contribution in [-0.4, -0.2) is 38.3 Å². The molecule has 0 bridgehead atoms. The average molecular weight is 419 g/mol. The molecule has 0 unspecified atom stereocenters. The van der Waals surface area contributed by atoms with E-state index in [1.54, 1.807) is 6.07 Å². The van der Waals surface area contributed by atoms with Crippen molar-refractivity contribution in [3.05, 3.63) is 16.6 Å². The minimum absolute atomic E-state index is 0.112. The molecule has 1 aliphatic heterocycles. The van der Waals surface area contributed by atoms with E-state index in [2.05, 4.69) is 35.1 Å². The van der Waals surface area contributed by atoms with E-state index >= 15 is 0 Å². The number of amides is 1. The lowest BCUT2D eigenvalue weighted by Gasteiger charge is -2.26. The quantitative estimate of drug-likeness (QED) is 0.737. The van der Waals surface area contributed by atoms with E-state index < -0.39 is 10.0 Å². The summed E-state index contributed by atoms with van der Waals surface area (Å²) in [6.07, 6.45) is 1.87. The summed E-state index contributed by atoms with van der Waals surface area (Å²) in [4.78, 5) is 11.5. The van der Waals surface area contributed by atoms with E-state index in [4.69, 9.17) is 4.74 Å². The first-order valence-electron chi connectivity index (χ1n) is 8.09. The number of sulfonamides is 1. The topological polar surface area (TPSA) is 75.7 Å². The standard InChI is InChI=1S/C16H23BrN2O4S/c1-4-11(5-2)9-19(6-3)24(21,22)15-8-14-13(7-12(15)17)18-16(20)10-23-14/h7-8,11H,4-6,9-10H2,1-3H3,(H,18,20). The fourth-order valence-corrected chi connectivity index (χ4v) is 5.19. The predicted octanol–water partition coefficient (Wildman–Crippen LogP) is 3.23. The van der Waals surface area contributed by atoms with Gasteiger partial charge < -0.3 is 10.1 Å². The van der Waals surface area contributed by atoms with Crippen LogP contribution in [0, 0.1) is 5.92 Å². The molecule has 1 amide bonds. The molecule has 1 aromatic rings. The van der Waals surface area contributed by atoms with Crippen molar-refractivity contribution in [2.75, 3.05) is 25.0 Å². The molecule has 0 aromatic heterocycles. The second kappa shape index (κ2) is 7.84. The van der Waals surface area contributed by atoms with Crippen LogP contribution in [0.2, 0.25) is 0 Å². The first-order valence-corrected chi connectivity index (χ1v) is 10.3. The second-order valence-electron chi connectivity index (χ2n) is 5.75. The van der Waals surface area contributed by atoms with E-state index in [9.17, 15) is 13.2 Å². The molecule has 134 valence electrons. The van der Waals surface area contributed by atoms with Crippen LogP contribution in [0.25, 0.3) is 0 Å². The number of carbonyl (C=O) groups is 1. The maximum absolute atomic E-state index is 13.1. The first-order chi connectivity index (χ1) is 11.3. The predicted molar refractivity (Wildman–Crippen MR) is 96.8 cm³/mol. The van der Waals surface area contributed by atoms with Crippen LogP contribution in [0.4, 0.5) is 5.69 Å². The number of fused-ring (bicyclic) bond motifs is 1. The molecule has 24 heavy (non-hydrogen) atoms. The van der Waals surface area contributed by atoms with Gasteiger partial charge >= 0.3 is 0 Å². The number of benzene rings is 1. The van der Waals surface area contributed by atoms with Gasteiger partial charge in [0.1, 0.15) is 10.6 Å². The number of carbonyl (C=O) groups excluding carboxylic acids is 1. The lowest BCUT2D eigenvalue weighted by atomic mass is 10.0. The highest BCUT2D eigenvalue weighted by Gasteiger charge is 2.29. The zero-order chi connectivity index (χ0) is 17.9. The van der Waals surface area contributed by atoms with Gasteiger partial charge in [-0.05, 0) is 27.9 Å². The van der Waals surface area contributed by atoms with Crippen molar-refractivity contribution in [1.29, 1.82) is 0 Å². The van der Waals surface area contributed by atoms with Gasteiger partial charge in [-0.25, -0.2) is 8.42 Å². The van der Waals surface area contributed by atoms with E-state index in [1.807, 2.05) is 6.92 Å². The molecular formula is C16H23BrN2O4S. The SMILES string of the molecule is CCC(CC)CN(CC)S(=O)(=O)c1cc2c(cc1Br)NC(=O)CO2. The number of hydrogen-bond donors (Lipinski definition) is 1. The fraction of sp³-hybridized carbons (Fsp3) is 0.562. The maximum Gasteiger partial charge on any atom is 0.262 e. The first kappa shape index (κ1) is 19.2. The molecule has 0 fully saturated rings. The Kier molecular flexibility index (Phi) is 6.28. The molecule has 1 N–H and O–H groups in total. The largest absolute Gasteiger partial charge is 0.482 e. The van der Waals surface area contributed by atoms with Crippen LogP contribution in [0.15, 0.2) is 21.5 Å². The van der Waals surface area contributed by atoms with Crippen molar-refractivity contribution in [2.24, 2.45) is 5.92 Å². The molecular weight excluding hydrogens is 396 g/mol. The molecule has 2 rings (SSSR count). The second-order valence-corrected chi connectivity index (χ2v) is 8.51. The summed E-state index contributed by atoms with van der Waals surface area (Å²) >= 11 is 3.32. The van der Waals surface area contributed by atoms with Gasteiger partial charge in [-0.1, -0.05) is 33.6 Å². The minimum atomic E-state index is -3.65. The third-order valence-corrected chi connectivity index (χ3v) is 7.15. The number of halogens is 1. The van der Waals surface area contributed by atoms with Gasteiger partial charge in [-0.2, -0.15) is 4.31 Å². The summed E-state index contributed by atoms with van der Waals surface area (Å²) < 4.78 is 33.4. The number of hydrogen-bond acceptors (Lipinski definition) is 4. The molecule has 1 aromatic carbocycles. The maximum atomic E-state index is 13.1. The number of nitrogens with zero attached hydrogens (tertiary/aromatic N) is 1. The van der Waals surface area contributed by atoms with Crippen molar-refractivity contribution in [3.8, 4) is 5.75 Å². The van der Waals surface area contributed by atoms with Crippen molar-refractivity contribution in [3.63, 3.8) is 0 Å². The highest BCUT2D eigenvalue weighted by molar-refractivity contribution is 9.10. The Labute approximate surface area is 151 Å². The third kappa shape index (κ3) is 3.92. The van der Waals surface area contributed by atoms with Gasteiger partial charge in [-0.15, -0.1) is 0 Å². The number of ether oxygens (including phenoxy) is 1. The Morgan fingerprint density at radius 2 is 1.96 bits per heavy atom. The lowest BCUT2D eigenvalue weighted by molar-refractivity contribution is -0.118. The van der Waals surface area contributed by atoms with Crippen LogP contribution in [0.3, 0.4) is 0 Å². The Bertz CT molecular complexity index is 717. The summed E-state index contributed by atoms with van der Waals surface area (Å²) in [5.41, 5.74) is 0.472. The van der Waals surface area contributed by atoms with E-state index in [0.717, 1.165) is 12.8 Å². The third-order valence-electron chi connectivity index (χ3n) is 4.25. The minimum Gasteiger partial charge on any atom is -0.482 e.